The fourth-order valence-electron chi connectivity index (χ4n) is 3.24. The Labute approximate surface area is 146 Å². The molecule has 1 aromatic heterocycles. The highest BCUT2D eigenvalue weighted by atomic mass is 19.1. The first-order chi connectivity index (χ1) is 12.4. The van der Waals surface area contributed by atoms with Gasteiger partial charge in [-0.2, -0.15) is 0 Å². The van der Waals surface area contributed by atoms with Gasteiger partial charge in [0.2, 0.25) is 0 Å². The van der Waals surface area contributed by atoms with Gasteiger partial charge in [-0.15, -0.1) is 0 Å². The maximum atomic E-state index is 13.4. The van der Waals surface area contributed by atoms with Crippen molar-refractivity contribution in [3.63, 3.8) is 0 Å². The zero-order valence-corrected chi connectivity index (χ0v) is 13.3. The minimum Gasteiger partial charge on any atom is -0.331 e. The first-order valence-corrected chi connectivity index (χ1v) is 7.72. The molecule has 4 rings (SSSR count). The van der Waals surface area contributed by atoms with Crippen LogP contribution in [0, 0.1) is 11.6 Å². The minimum atomic E-state index is -1.65. The summed E-state index contributed by atoms with van der Waals surface area (Å²) < 4.78 is 26.6. The van der Waals surface area contributed by atoms with Crippen molar-refractivity contribution in [2.45, 2.75) is 12.1 Å². The summed E-state index contributed by atoms with van der Waals surface area (Å²) in [6, 6.07) is 5.52. The number of pyridine rings is 1. The molecule has 26 heavy (non-hydrogen) atoms. The molecule has 1 atom stereocenters. The van der Waals surface area contributed by atoms with Crippen molar-refractivity contribution < 1.29 is 23.2 Å². The molecule has 1 fully saturated rings. The van der Waals surface area contributed by atoms with E-state index in [0.717, 1.165) is 18.3 Å². The molecule has 7 nitrogen and oxygen atoms in total. The molecular formula is C17H12F2N4O3. The summed E-state index contributed by atoms with van der Waals surface area (Å²) >= 11 is 0. The van der Waals surface area contributed by atoms with Crippen molar-refractivity contribution in [3.8, 4) is 0 Å². The molecule has 2 N–H and O–H groups in total. The molecule has 3 heterocycles. The first-order valence-electron chi connectivity index (χ1n) is 7.72. The van der Waals surface area contributed by atoms with E-state index in [0.29, 0.717) is 5.56 Å². The van der Waals surface area contributed by atoms with Crippen LogP contribution in [0.4, 0.5) is 13.6 Å². The molecular weight excluding hydrogens is 346 g/mol. The molecule has 0 bridgehead atoms. The fourth-order valence-corrected chi connectivity index (χ4v) is 3.24. The highest BCUT2D eigenvalue weighted by Crippen LogP contribution is 2.30. The van der Waals surface area contributed by atoms with E-state index >= 15 is 0 Å². The predicted octanol–water partition coefficient (Wildman–Crippen LogP) is 1.05. The van der Waals surface area contributed by atoms with Crippen LogP contribution in [-0.2, 0) is 16.9 Å². The number of halogens is 2. The quantitative estimate of drug-likeness (QED) is 0.803. The molecule has 1 aromatic carbocycles. The average Bonchev–Trinajstić information content (AvgIpc) is 3.06. The number of amides is 4. The molecule has 2 aliphatic rings. The normalized spacial score (nSPS) is 21.6. The van der Waals surface area contributed by atoms with Crippen LogP contribution < -0.4 is 10.6 Å². The first kappa shape index (κ1) is 16.1. The monoisotopic (exact) mass is 358 g/mol. The molecule has 0 spiro atoms. The average molecular weight is 358 g/mol. The second-order valence-corrected chi connectivity index (χ2v) is 6.14. The van der Waals surface area contributed by atoms with E-state index in [2.05, 4.69) is 15.6 Å². The number of aromatic nitrogens is 1. The van der Waals surface area contributed by atoms with E-state index in [1.54, 1.807) is 0 Å². The van der Waals surface area contributed by atoms with E-state index in [1.807, 2.05) is 0 Å². The number of hydrogen-bond donors (Lipinski definition) is 2. The Balaban J connectivity index is 1.71. The smallest absolute Gasteiger partial charge is 0.322 e. The number of imide groups is 1. The van der Waals surface area contributed by atoms with Gasteiger partial charge in [0.25, 0.3) is 11.8 Å². The van der Waals surface area contributed by atoms with E-state index in [4.69, 9.17) is 0 Å². The molecule has 2 aromatic rings. The lowest BCUT2D eigenvalue weighted by molar-refractivity contribution is -0.125. The van der Waals surface area contributed by atoms with Crippen LogP contribution in [0.25, 0.3) is 0 Å². The summed E-state index contributed by atoms with van der Waals surface area (Å²) in [7, 11) is 0. The van der Waals surface area contributed by atoms with Crippen molar-refractivity contribution >= 4 is 17.8 Å². The summed E-state index contributed by atoms with van der Waals surface area (Å²) in [4.78, 5) is 42.0. The summed E-state index contributed by atoms with van der Waals surface area (Å²) in [5.74, 6) is -2.30. The molecule has 9 heteroatoms. The Bertz CT molecular complexity index is 948. The standard InChI is InChI=1S/C17H12F2N4O3/c18-10-2-1-9-7-23(14(24)12(9)5-10)8-17(15(25)21-16(26)22-17)13-4-3-11(19)6-20-13/h1-6H,7-8H2,(H2,21,22,25,26)/t17-/m0/s1. The Kier molecular flexibility index (Phi) is 3.46. The molecule has 1 saturated heterocycles. The highest BCUT2D eigenvalue weighted by Gasteiger charge is 2.51. The van der Waals surface area contributed by atoms with Gasteiger partial charge in [0, 0.05) is 12.1 Å². The molecule has 0 unspecified atom stereocenters. The lowest BCUT2D eigenvalue weighted by Crippen LogP contribution is -2.53. The number of nitrogens with one attached hydrogen (secondary N) is 2. The number of urea groups is 1. The van der Waals surface area contributed by atoms with Gasteiger partial charge in [0.15, 0.2) is 5.54 Å². The number of rotatable bonds is 3. The maximum absolute atomic E-state index is 13.4. The van der Waals surface area contributed by atoms with Crippen LogP contribution in [0.3, 0.4) is 0 Å². The summed E-state index contributed by atoms with van der Waals surface area (Å²) in [5.41, 5.74) is -0.737. The minimum absolute atomic E-state index is 0.0946. The van der Waals surface area contributed by atoms with Gasteiger partial charge in [-0.1, -0.05) is 6.07 Å². The number of benzene rings is 1. The second kappa shape index (κ2) is 5.58. The molecule has 0 radical (unpaired) electrons. The highest BCUT2D eigenvalue weighted by molar-refractivity contribution is 6.08. The van der Waals surface area contributed by atoms with Crippen molar-refractivity contribution in [2.24, 2.45) is 0 Å². The van der Waals surface area contributed by atoms with Crippen LogP contribution in [-0.4, -0.2) is 34.3 Å². The molecule has 0 saturated carbocycles. The van der Waals surface area contributed by atoms with Crippen LogP contribution in [0.2, 0.25) is 0 Å². The van der Waals surface area contributed by atoms with E-state index in [-0.39, 0.29) is 24.3 Å². The van der Waals surface area contributed by atoms with E-state index in [1.165, 1.54) is 23.1 Å². The van der Waals surface area contributed by atoms with E-state index in [9.17, 15) is 23.2 Å². The lowest BCUT2D eigenvalue weighted by Gasteiger charge is -2.30. The summed E-state index contributed by atoms with van der Waals surface area (Å²) in [5, 5.41) is 4.61. The van der Waals surface area contributed by atoms with Gasteiger partial charge in [-0.3, -0.25) is 19.9 Å². The third-order valence-corrected chi connectivity index (χ3v) is 4.49. The van der Waals surface area contributed by atoms with Crippen LogP contribution in [0.1, 0.15) is 21.6 Å². The lowest BCUT2D eigenvalue weighted by atomic mass is 9.93. The largest absolute Gasteiger partial charge is 0.331 e. The number of nitrogens with zero attached hydrogens (tertiary/aromatic N) is 2. The molecule has 132 valence electrons. The van der Waals surface area contributed by atoms with Gasteiger partial charge >= 0.3 is 6.03 Å². The van der Waals surface area contributed by atoms with Gasteiger partial charge < -0.3 is 10.2 Å². The van der Waals surface area contributed by atoms with Crippen LogP contribution in [0.15, 0.2) is 36.5 Å². The SMILES string of the molecule is O=C1NC(=O)[C@](CN2Cc3ccc(F)cc3C2=O)(c2ccc(F)cn2)N1. The van der Waals surface area contributed by atoms with Crippen molar-refractivity contribution in [3.05, 3.63) is 65.0 Å². The Morgan fingerprint density at radius 3 is 2.54 bits per heavy atom. The third kappa shape index (κ3) is 2.40. The van der Waals surface area contributed by atoms with Crippen LogP contribution >= 0.6 is 0 Å². The predicted molar refractivity (Wildman–Crippen MR) is 83.7 cm³/mol. The Morgan fingerprint density at radius 2 is 1.88 bits per heavy atom. The third-order valence-electron chi connectivity index (χ3n) is 4.49. The second-order valence-electron chi connectivity index (χ2n) is 6.14. The van der Waals surface area contributed by atoms with Gasteiger partial charge in [0.1, 0.15) is 11.6 Å². The maximum Gasteiger partial charge on any atom is 0.322 e. The van der Waals surface area contributed by atoms with Gasteiger partial charge in [0.05, 0.1) is 18.4 Å². The molecule has 0 aliphatic carbocycles. The molecule has 4 amide bonds. The number of carbonyl (C=O) groups excluding carboxylic acids is 3. The molecule has 2 aliphatic heterocycles. The number of carbonyl (C=O) groups is 3. The van der Waals surface area contributed by atoms with Crippen molar-refractivity contribution in [1.29, 1.82) is 0 Å². The summed E-state index contributed by atoms with van der Waals surface area (Å²) in [6.45, 7) is -0.0706. The Morgan fingerprint density at radius 1 is 1.12 bits per heavy atom. The van der Waals surface area contributed by atoms with Gasteiger partial charge in [-0.05, 0) is 29.8 Å². The zero-order valence-electron chi connectivity index (χ0n) is 13.3. The topological polar surface area (TPSA) is 91.4 Å². The van der Waals surface area contributed by atoms with Gasteiger partial charge in [-0.25, -0.2) is 13.6 Å². The van der Waals surface area contributed by atoms with Crippen LogP contribution in [0.5, 0.6) is 0 Å². The number of fused-ring (bicyclic) bond motifs is 1. The Hall–Kier alpha value is -3.36. The van der Waals surface area contributed by atoms with Crippen molar-refractivity contribution in [1.82, 2.24) is 20.5 Å². The fraction of sp³-hybridized carbons (Fsp3) is 0.176. The zero-order chi connectivity index (χ0) is 18.5. The van der Waals surface area contributed by atoms with Crippen molar-refractivity contribution in [2.75, 3.05) is 6.54 Å². The number of hydrogen-bond acceptors (Lipinski definition) is 4. The summed E-state index contributed by atoms with van der Waals surface area (Å²) in [6.07, 6.45) is 0.921. The van der Waals surface area contributed by atoms with E-state index < -0.39 is 35.0 Å².